The minimum absolute atomic E-state index is 0.0890. The Morgan fingerprint density at radius 2 is 2.29 bits per heavy atom. The smallest absolute Gasteiger partial charge is 0.255 e. The predicted molar refractivity (Wildman–Crippen MR) is 53.8 cm³/mol. The second-order valence-corrected chi connectivity index (χ2v) is 3.71. The molecule has 0 bridgehead atoms. The van der Waals surface area contributed by atoms with Gasteiger partial charge in [-0.1, -0.05) is 11.6 Å². The fourth-order valence-electron chi connectivity index (χ4n) is 0.764. The largest absolute Gasteiger partial charge is 0.482 e. The van der Waals surface area contributed by atoms with Crippen molar-refractivity contribution in [2.45, 2.75) is 0 Å². The molecular formula is C8H6BrClFNO2. The molecule has 0 atom stereocenters. The summed E-state index contributed by atoms with van der Waals surface area (Å²) in [6.45, 7) is -0.333. The van der Waals surface area contributed by atoms with Gasteiger partial charge in [0.25, 0.3) is 5.91 Å². The van der Waals surface area contributed by atoms with E-state index in [0.717, 1.165) is 6.07 Å². The summed E-state index contributed by atoms with van der Waals surface area (Å²) in [6, 6.07) is 2.42. The Bertz CT molecular complexity index is 373. The van der Waals surface area contributed by atoms with E-state index >= 15 is 0 Å². The lowest BCUT2D eigenvalue weighted by molar-refractivity contribution is -0.119. The fraction of sp³-hybridized carbons (Fsp3) is 0.125. The molecule has 0 aliphatic carbocycles. The highest BCUT2D eigenvalue weighted by molar-refractivity contribution is 9.10. The van der Waals surface area contributed by atoms with E-state index in [4.69, 9.17) is 22.1 Å². The molecule has 0 aliphatic rings. The number of carbonyl (C=O) groups excluding carboxylic acids is 1. The predicted octanol–water partition coefficient (Wildman–Crippen LogP) is 2.11. The maximum Gasteiger partial charge on any atom is 0.255 e. The lowest BCUT2D eigenvalue weighted by Crippen LogP contribution is -2.20. The third-order valence-corrected chi connectivity index (χ3v) is 2.25. The van der Waals surface area contributed by atoms with Gasteiger partial charge in [0.1, 0.15) is 11.6 Å². The molecule has 3 nitrogen and oxygen atoms in total. The van der Waals surface area contributed by atoms with Crippen molar-refractivity contribution in [3.8, 4) is 5.75 Å². The lowest BCUT2D eigenvalue weighted by atomic mass is 10.3. The van der Waals surface area contributed by atoms with Crippen LogP contribution in [0.5, 0.6) is 5.75 Å². The van der Waals surface area contributed by atoms with Gasteiger partial charge in [-0.05, 0) is 22.0 Å². The van der Waals surface area contributed by atoms with Crippen LogP contribution in [0.3, 0.4) is 0 Å². The number of carbonyl (C=O) groups is 1. The van der Waals surface area contributed by atoms with Crippen molar-refractivity contribution in [3.63, 3.8) is 0 Å². The van der Waals surface area contributed by atoms with E-state index in [2.05, 4.69) is 15.9 Å². The molecule has 76 valence electrons. The van der Waals surface area contributed by atoms with Crippen LogP contribution >= 0.6 is 27.5 Å². The number of primary amides is 1. The molecule has 6 heteroatoms. The third kappa shape index (κ3) is 2.85. The number of hydrogen-bond acceptors (Lipinski definition) is 2. The van der Waals surface area contributed by atoms with Crippen molar-refractivity contribution < 1.29 is 13.9 Å². The summed E-state index contributed by atoms with van der Waals surface area (Å²) in [5.74, 6) is -1.08. The van der Waals surface area contributed by atoms with Gasteiger partial charge >= 0.3 is 0 Å². The van der Waals surface area contributed by atoms with Gasteiger partial charge in [0.05, 0.1) is 9.50 Å². The molecule has 1 aromatic rings. The molecule has 1 aromatic carbocycles. The monoisotopic (exact) mass is 281 g/mol. The zero-order chi connectivity index (χ0) is 10.7. The maximum atomic E-state index is 13.0. The van der Waals surface area contributed by atoms with E-state index in [0.29, 0.717) is 0 Å². The Morgan fingerprint density at radius 3 is 2.86 bits per heavy atom. The van der Waals surface area contributed by atoms with Gasteiger partial charge < -0.3 is 10.5 Å². The van der Waals surface area contributed by atoms with E-state index in [1.165, 1.54) is 6.07 Å². The van der Waals surface area contributed by atoms with Crippen LogP contribution < -0.4 is 10.5 Å². The van der Waals surface area contributed by atoms with Gasteiger partial charge in [-0.15, -0.1) is 0 Å². The third-order valence-electron chi connectivity index (χ3n) is 1.34. The number of ether oxygens (including phenoxy) is 1. The molecule has 0 saturated heterocycles. The summed E-state index contributed by atoms with van der Waals surface area (Å²) in [6.07, 6.45) is 0. The van der Waals surface area contributed by atoms with Crippen LogP contribution in [0.15, 0.2) is 16.6 Å². The first-order chi connectivity index (χ1) is 6.50. The highest BCUT2D eigenvalue weighted by Gasteiger charge is 2.08. The summed E-state index contributed by atoms with van der Waals surface area (Å²) < 4.78 is 18.1. The molecule has 0 unspecified atom stereocenters. The van der Waals surface area contributed by atoms with Crippen LogP contribution in [-0.4, -0.2) is 12.5 Å². The summed E-state index contributed by atoms with van der Waals surface area (Å²) in [5.41, 5.74) is 4.85. The van der Waals surface area contributed by atoms with E-state index < -0.39 is 11.7 Å². The highest BCUT2D eigenvalue weighted by atomic mass is 79.9. The average molecular weight is 282 g/mol. The molecule has 0 radical (unpaired) electrons. The zero-order valence-corrected chi connectivity index (χ0v) is 9.23. The Balaban J connectivity index is 2.87. The molecule has 0 aliphatic heterocycles. The summed E-state index contributed by atoms with van der Waals surface area (Å²) in [5, 5.41) is 0.208. The molecule has 0 heterocycles. The van der Waals surface area contributed by atoms with Crippen LogP contribution in [0.1, 0.15) is 0 Å². The molecule has 0 fully saturated rings. The van der Waals surface area contributed by atoms with Gasteiger partial charge in [0.2, 0.25) is 0 Å². The Kier molecular flexibility index (Phi) is 3.71. The molecule has 2 N–H and O–H groups in total. The van der Waals surface area contributed by atoms with Crippen LogP contribution in [-0.2, 0) is 4.79 Å². The Morgan fingerprint density at radius 1 is 1.64 bits per heavy atom. The molecule has 0 saturated carbocycles. The first-order valence-electron chi connectivity index (χ1n) is 3.56. The minimum atomic E-state index is -0.649. The molecule has 14 heavy (non-hydrogen) atoms. The van der Waals surface area contributed by atoms with E-state index in [1.807, 2.05) is 0 Å². The fourth-order valence-corrected chi connectivity index (χ4v) is 1.46. The summed E-state index contributed by atoms with van der Waals surface area (Å²) >= 11 is 8.66. The number of halogens is 3. The van der Waals surface area contributed by atoms with Crippen LogP contribution in [0.25, 0.3) is 0 Å². The lowest BCUT2D eigenvalue weighted by Gasteiger charge is -2.06. The highest BCUT2D eigenvalue weighted by Crippen LogP contribution is 2.30. The van der Waals surface area contributed by atoms with Crippen molar-refractivity contribution in [1.82, 2.24) is 0 Å². The minimum Gasteiger partial charge on any atom is -0.482 e. The van der Waals surface area contributed by atoms with Crippen molar-refractivity contribution >= 4 is 33.4 Å². The second kappa shape index (κ2) is 4.61. The molecule has 0 aromatic heterocycles. The van der Waals surface area contributed by atoms with E-state index in [9.17, 15) is 9.18 Å². The van der Waals surface area contributed by atoms with E-state index in [1.54, 1.807) is 0 Å². The van der Waals surface area contributed by atoms with Crippen LogP contribution in [0.2, 0.25) is 5.02 Å². The van der Waals surface area contributed by atoms with Crippen LogP contribution in [0.4, 0.5) is 4.39 Å². The van der Waals surface area contributed by atoms with Crippen LogP contribution in [0, 0.1) is 5.82 Å². The zero-order valence-electron chi connectivity index (χ0n) is 6.89. The SMILES string of the molecule is NC(=O)COc1cc(F)c(Br)cc1Cl. The van der Waals surface area contributed by atoms with Crippen molar-refractivity contribution in [2.75, 3.05) is 6.61 Å². The van der Waals surface area contributed by atoms with Crippen molar-refractivity contribution in [3.05, 3.63) is 27.4 Å². The maximum absolute atomic E-state index is 13.0. The van der Waals surface area contributed by atoms with Crippen molar-refractivity contribution in [1.29, 1.82) is 0 Å². The van der Waals surface area contributed by atoms with Crippen molar-refractivity contribution in [2.24, 2.45) is 5.73 Å². The quantitative estimate of drug-likeness (QED) is 0.863. The topological polar surface area (TPSA) is 52.3 Å². The second-order valence-electron chi connectivity index (χ2n) is 2.45. The average Bonchev–Trinajstić information content (AvgIpc) is 2.09. The number of hydrogen-bond donors (Lipinski definition) is 1. The van der Waals surface area contributed by atoms with Gasteiger partial charge in [0, 0.05) is 6.07 Å². The Hall–Kier alpha value is -0.810. The summed E-state index contributed by atoms with van der Waals surface area (Å²) in [4.78, 5) is 10.4. The normalized spacial score (nSPS) is 9.93. The first kappa shape index (κ1) is 11.3. The first-order valence-corrected chi connectivity index (χ1v) is 4.73. The standard InChI is InChI=1S/C8H6BrClFNO2/c9-4-1-5(10)7(2-6(4)11)14-3-8(12)13/h1-2H,3H2,(H2,12,13). The Labute approximate surface area is 93.1 Å². The number of amides is 1. The number of rotatable bonds is 3. The molecule has 1 rings (SSSR count). The summed E-state index contributed by atoms with van der Waals surface area (Å²) in [7, 11) is 0. The van der Waals surface area contributed by atoms with E-state index in [-0.39, 0.29) is 21.9 Å². The van der Waals surface area contributed by atoms with Gasteiger partial charge in [-0.25, -0.2) is 4.39 Å². The molecular weight excluding hydrogens is 276 g/mol. The van der Waals surface area contributed by atoms with Gasteiger partial charge in [0.15, 0.2) is 6.61 Å². The number of benzene rings is 1. The number of nitrogens with two attached hydrogens (primary N) is 1. The van der Waals surface area contributed by atoms with Gasteiger partial charge in [-0.2, -0.15) is 0 Å². The molecule has 1 amide bonds. The molecule has 0 spiro atoms. The van der Waals surface area contributed by atoms with Gasteiger partial charge in [-0.3, -0.25) is 4.79 Å².